The fourth-order valence-electron chi connectivity index (χ4n) is 4.10. The molecule has 0 saturated carbocycles. The first-order valence-electron chi connectivity index (χ1n) is 10.5. The number of hydrogen-bond acceptors (Lipinski definition) is 4. The maximum atomic E-state index is 13.5. The average molecular weight is 418 g/mol. The number of carbonyl (C=O) groups is 2. The number of anilines is 1. The van der Waals surface area contributed by atoms with Crippen molar-refractivity contribution < 1.29 is 14.3 Å². The molecule has 1 aromatic heterocycles. The van der Waals surface area contributed by atoms with Gasteiger partial charge >= 0.3 is 6.09 Å². The summed E-state index contributed by atoms with van der Waals surface area (Å²) in [6.07, 6.45) is 1.92. The molecule has 4 rings (SSSR count). The number of para-hydroxylation sites is 1. The van der Waals surface area contributed by atoms with E-state index < -0.39 is 17.7 Å². The van der Waals surface area contributed by atoms with Crippen molar-refractivity contribution in [2.75, 3.05) is 11.9 Å². The van der Waals surface area contributed by atoms with Crippen LogP contribution >= 0.6 is 0 Å². The molecule has 1 fully saturated rings. The summed E-state index contributed by atoms with van der Waals surface area (Å²) in [5.74, 6) is -0.355. The summed E-state index contributed by atoms with van der Waals surface area (Å²) in [6.45, 7) is 5.94. The van der Waals surface area contributed by atoms with E-state index in [1.54, 1.807) is 11.1 Å². The smallest absolute Gasteiger partial charge is 0.410 e. The summed E-state index contributed by atoms with van der Waals surface area (Å²) < 4.78 is 5.60. The fourth-order valence-corrected chi connectivity index (χ4v) is 4.10. The number of hydrogen-bond donors (Lipinski definition) is 1. The van der Waals surface area contributed by atoms with Crippen LogP contribution in [0.2, 0.25) is 0 Å². The molecule has 0 aliphatic carbocycles. The lowest BCUT2D eigenvalue weighted by Gasteiger charge is -2.30. The van der Waals surface area contributed by atoms with Crippen LogP contribution in [0.4, 0.5) is 10.5 Å². The summed E-state index contributed by atoms with van der Waals surface area (Å²) in [6, 6.07) is 18.7. The molecule has 1 N–H and O–H groups in total. The number of rotatable bonds is 3. The van der Waals surface area contributed by atoms with E-state index in [0.29, 0.717) is 18.7 Å². The summed E-state index contributed by atoms with van der Waals surface area (Å²) >= 11 is 0. The van der Waals surface area contributed by atoms with Crippen molar-refractivity contribution in [3.63, 3.8) is 0 Å². The molecule has 0 unspecified atom stereocenters. The summed E-state index contributed by atoms with van der Waals surface area (Å²) in [5, 5.41) is 3.96. The first-order chi connectivity index (χ1) is 14.8. The first-order valence-corrected chi connectivity index (χ1v) is 10.5. The van der Waals surface area contributed by atoms with Gasteiger partial charge in [0.2, 0.25) is 5.91 Å². The topological polar surface area (TPSA) is 71.5 Å². The van der Waals surface area contributed by atoms with E-state index in [1.165, 1.54) is 0 Å². The lowest BCUT2D eigenvalue weighted by atomic mass is 9.91. The van der Waals surface area contributed by atoms with Crippen molar-refractivity contribution in [1.82, 2.24) is 9.88 Å². The average Bonchev–Trinajstić information content (AvgIpc) is 3.19. The van der Waals surface area contributed by atoms with Gasteiger partial charge in [0.15, 0.2) is 0 Å². The lowest BCUT2D eigenvalue weighted by molar-refractivity contribution is -0.120. The Bertz CT molecular complexity index is 1090. The molecule has 1 aliphatic rings. The third-order valence-corrected chi connectivity index (χ3v) is 5.41. The zero-order valence-corrected chi connectivity index (χ0v) is 18.0. The number of nitrogens with zero attached hydrogens (tertiary/aromatic N) is 2. The number of aromatic nitrogens is 1. The molecular weight excluding hydrogens is 390 g/mol. The number of ether oxygens (including phenoxy) is 1. The van der Waals surface area contributed by atoms with Crippen LogP contribution < -0.4 is 5.32 Å². The summed E-state index contributed by atoms with van der Waals surface area (Å²) in [4.78, 5) is 32.4. The molecule has 1 saturated heterocycles. The highest BCUT2D eigenvalue weighted by atomic mass is 16.6. The Labute approximate surface area is 182 Å². The number of likely N-dealkylation sites (tertiary alicyclic amines) is 1. The maximum Gasteiger partial charge on any atom is 0.410 e. The molecule has 1 aliphatic heterocycles. The van der Waals surface area contributed by atoms with Gasteiger partial charge in [-0.2, -0.15) is 0 Å². The Morgan fingerprint density at radius 3 is 2.52 bits per heavy atom. The van der Waals surface area contributed by atoms with Crippen LogP contribution in [-0.4, -0.2) is 40.1 Å². The normalized spacial score (nSPS) is 18.7. The summed E-state index contributed by atoms with van der Waals surface area (Å²) in [7, 11) is 0. The number of nitrogens with one attached hydrogen (secondary N) is 1. The predicted octanol–water partition coefficient (Wildman–Crippen LogP) is 4.97. The van der Waals surface area contributed by atoms with Gasteiger partial charge in [-0.05, 0) is 44.9 Å². The molecule has 2 heterocycles. The van der Waals surface area contributed by atoms with Gasteiger partial charge in [-0.3, -0.25) is 14.7 Å². The van der Waals surface area contributed by atoms with E-state index in [9.17, 15) is 9.59 Å². The number of carbonyl (C=O) groups excluding carboxylic acids is 2. The molecule has 6 nitrogen and oxygen atoms in total. The molecule has 3 aromatic rings. The Kier molecular flexibility index (Phi) is 5.63. The van der Waals surface area contributed by atoms with E-state index in [-0.39, 0.29) is 11.8 Å². The zero-order chi connectivity index (χ0) is 22.0. The van der Waals surface area contributed by atoms with E-state index >= 15 is 0 Å². The van der Waals surface area contributed by atoms with Gasteiger partial charge in [-0.15, -0.1) is 0 Å². The van der Waals surface area contributed by atoms with Crippen LogP contribution in [0.1, 0.15) is 38.7 Å². The molecule has 2 atom stereocenters. The Balaban J connectivity index is 1.66. The van der Waals surface area contributed by atoms with Gasteiger partial charge in [0.1, 0.15) is 11.6 Å². The highest BCUT2D eigenvalue weighted by Gasteiger charge is 2.44. The van der Waals surface area contributed by atoms with Crippen molar-refractivity contribution in [2.24, 2.45) is 0 Å². The maximum absolute atomic E-state index is 13.5. The minimum absolute atomic E-state index is 0.114. The standard InChI is InChI=1S/C25H27N3O3/c1-25(2,3)31-24(30)28-16-14-19(17-9-5-4-6-10-17)22(28)23(29)27-20-13-7-11-18-12-8-15-26-21(18)20/h4-13,15,19,22H,14,16H2,1-3H3,(H,27,29)/t19-,22-/m0/s1. The third kappa shape index (κ3) is 4.53. The molecule has 2 aromatic carbocycles. The van der Waals surface area contributed by atoms with Gasteiger partial charge in [0, 0.05) is 24.0 Å². The zero-order valence-electron chi connectivity index (χ0n) is 18.0. The van der Waals surface area contributed by atoms with Crippen LogP contribution in [0.3, 0.4) is 0 Å². The molecular formula is C25H27N3O3. The molecule has 6 heteroatoms. The van der Waals surface area contributed by atoms with E-state index in [4.69, 9.17) is 4.74 Å². The van der Waals surface area contributed by atoms with Gasteiger partial charge in [-0.25, -0.2) is 4.79 Å². The minimum atomic E-state index is -0.670. The lowest BCUT2D eigenvalue weighted by Crippen LogP contribution is -2.47. The number of benzene rings is 2. The van der Waals surface area contributed by atoms with Crippen LogP contribution in [0.5, 0.6) is 0 Å². The monoisotopic (exact) mass is 417 g/mol. The highest BCUT2D eigenvalue weighted by molar-refractivity contribution is 6.03. The SMILES string of the molecule is CC(C)(C)OC(=O)N1CC[C@@H](c2ccccc2)[C@H]1C(=O)Nc1cccc2cccnc12. The van der Waals surface area contributed by atoms with Crippen molar-refractivity contribution in [2.45, 2.75) is 44.8 Å². The van der Waals surface area contributed by atoms with Crippen molar-refractivity contribution in [3.8, 4) is 0 Å². The molecule has 0 radical (unpaired) electrons. The van der Waals surface area contributed by atoms with Crippen LogP contribution in [0.25, 0.3) is 10.9 Å². The summed E-state index contributed by atoms with van der Waals surface area (Å²) in [5.41, 5.74) is 1.75. The molecule has 0 bridgehead atoms. The third-order valence-electron chi connectivity index (χ3n) is 5.41. The second-order valence-electron chi connectivity index (χ2n) is 8.79. The second kappa shape index (κ2) is 8.38. The van der Waals surface area contributed by atoms with Crippen LogP contribution in [0, 0.1) is 0 Å². The van der Waals surface area contributed by atoms with Crippen LogP contribution in [0.15, 0.2) is 66.9 Å². The van der Waals surface area contributed by atoms with E-state index in [0.717, 1.165) is 16.5 Å². The van der Waals surface area contributed by atoms with Crippen molar-refractivity contribution in [3.05, 3.63) is 72.4 Å². The molecule has 2 amide bonds. The molecule has 0 spiro atoms. The largest absolute Gasteiger partial charge is 0.444 e. The van der Waals surface area contributed by atoms with Gasteiger partial charge < -0.3 is 10.1 Å². The second-order valence-corrected chi connectivity index (χ2v) is 8.79. The number of amides is 2. The number of pyridine rings is 1. The van der Waals surface area contributed by atoms with Crippen molar-refractivity contribution in [1.29, 1.82) is 0 Å². The molecule has 31 heavy (non-hydrogen) atoms. The number of fused-ring (bicyclic) bond motifs is 1. The quantitative estimate of drug-likeness (QED) is 0.653. The van der Waals surface area contributed by atoms with Crippen LogP contribution in [-0.2, 0) is 9.53 Å². The van der Waals surface area contributed by atoms with E-state index in [2.05, 4.69) is 10.3 Å². The Morgan fingerprint density at radius 1 is 1.03 bits per heavy atom. The van der Waals surface area contributed by atoms with Gasteiger partial charge in [0.25, 0.3) is 0 Å². The van der Waals surface area contributed by atoms with Gasteiger partial charge in [-0.1, -0.05) is 48.5 Å². The van der Waals surface area contributed by atoms with Gasteiger partial charge in [0.05, 0.1) is 11.2 Å². The fraction of sp³-hybridized carbons (Fsp3) is 0.320. The van der Waals surface area contributed by atoms with E-state index in [1.807, 2.05) is 81.4 Å². The van der Waals surface area contributed by atoms with Crippen molar-refractivity contribution >= 4 is 28.6 Å². The first kappa shape index (κ1) is 20.8. The Morgan fingerprint density at radius 2 is 1.77 bits per heavy atom. The predicted molar refractivity (Wildman–Crippen MR) is 121 cm³/mol. The Hall–Kier alpha value is -3.41. The minimum Gasteiger partial charge on any atom is -0.444 e. The highest BCUT2D eigenvalue weighted by Crippen LogP contribution is 2.35. The molecule has 160 valence electrons.